The number of carbonyl (C=O) groups is 2. The van der Waals surface area contributed by atoms with Crippen molar-refractivity contribution in [1.29, 1.82) is 0 Å². The second-order valence-corrected chi connectivity index (χ2v) is 7.84. The average molecular weight is 418 g/mol. The first-order chi connectivity index (χ1) is 15.1. The minimum absolute atomic E-state index is 0.0938. The summed E-state index contributed by atoms with van der Waals surface area (Å²) in [5, 5.41) is 9.88. The van der Waals surface area contributed by atoms with E-state index >= 15 is 0 Å². The molecule has 1 aliphatic rings. The molecule has 4 rings (SSSR count). The molecule has 2 aromatic carbocycles. The van der Waals surface area contributed by atoms with E-state index in [1.807, 2.05) is 31.4 Å². The molecule has 1 atom stereocenters. The lowest BCUT2D eigenvalue weighted by molar-refractivity contribution is -0.134. The molecule has 1 saturated heterocycles. The van der Waals surface area contributed by atoms with Crippen LogP contribution in [0.15, 0.2) is 67.0 Å². The van der Waals surface area contributed by atoms with Crippen LogP contribution in [0.5, 0.6) is 0 Å². The molecular formula is C24H27N5O2. The lowest BCUT2D eigenvalue weighted by Gasteiger charge is -2.34. The second-order valence-electron chi connectivity index (χ2n) is 7.84. The van der Waals surface area contributed by atoms with E-state index in [-0.39, 0.29) is 18.2 Å². The van der Waals surface area contributed by atoms with Crippen LogP contribution in [0.2, 0.25) is 0 Å². The van der Waals surface area contributed by atoms with Crippen LogP contribution in [0, 0.1) is 0 Å². The van der Waals surface area contributed by atoms with Crippen LogP contribution in [0.3, 0.4) is 0 Å². The highest BCUT2D eigenvalue weighted by molar-refractivity contribution is 5.88. The number of nitrogens with zero attached hydrogens (tertiary/aromatic N) is 3. The van der Waals surface area contributed by atoms with Gasteiger partial charge < -0.3 is 10.6 Å². The maximum atomic E-state index is 12.5. The Labute approximate surface area is 182 Å². The number of nitrogens with one attached hydrogen (secondary N) is 2. The zero-order valence-electron chi connectivity index (χ0n) is 17.6. The normalized spacial score (nSPS) is 16.7. The predicted octanol–water partition coefficient (Wildman–Crippen LogP) is 2.09. The molecule has 2 heterocycles. The van der Waals surface area contributed by atoms with E-state index in [1.165, 1.54) is 5.56 Å². The van der Waals surface area contributed by atoms with Gasteiger partial charge in [0.15, 0.2) is 0 Å². The van der Waals surface area contributed by atoms with Gasteiger partial charge in [0.1, 0.15) is 0 Å². The van der Waals surface area contributed by atoms with E-state index in [9.17, 15) is 9.59 Å². The molecule has 0 bridgehead atoms. The molecule has 7 nitrogen and oxygen atoms in total. The topological polar surface area (TPSA) is 79.3 Å². The Bertz CT molecular complexity index is 1030. The molecule has 0 spiro atoms. The summed E-state index contributed by atoms with van der Waals surface area (Å²) in [6.45, 7) is 2.34. The molecule has 1 fully saturated rings. The minimum atomic E-state index is -0.476. The fourth-order valence-electron chi connectivity index (χ4n) is 3.85. The van der Waals surface area contributed by atoms with Crippen LogP contribution in [0.1, 0.15) is 17.5 Å². The molecule has 2 amide bonds. The number of aryl methyl sites for hydroxylation is 1. The van der Waals surface area contributed by atoms with E-state index in [0.717, 1.165) is 16.7 Å². The summed E-state index contributed by atoms with van der Waals surface area (Å²) in [5.41, 5.74) is 4.39. The van der Waals surface area contributed by atoms with Crippen LogP contribution < -0.4 is 10.6 Å². The number of aromatic nitrogens is 2. The van der Waals surface area contributed by atoms with Crippen LogP contribution in [0.25, 0.3) is 11.1 Å². The largest absolute Gasteiger partial charge is 0.353 e. The zero-order chi connectivity index (χ0) is 21.6. The van der Waals surface area contributed by atoms with Gasteiger partial charge in [-0.1, -0.05) is 54.6 Å². The van der Waals surface area contributed by atoms with Crippen molar-refractivity contribution in [1.82, 2.24) is 25.3 Å². The highest BCUT2D eigenvalue weighted by Crippen LogP contribution is 2.21. The van der Waals surface area contributed by atoms with Crippen molar-refractivity contribution in [3.05, 3.63) is 78.1 Å². The van der Waals surface area contributed by atoms with Crippen LogP contribution in [-0.2, 0) is 29.7 Å². The second kappa shape index (κ2) is 9.57. The fourth-order valence-corrected chi connectivity index (χ4v) is 3.85. The number of hydrogen-bond donors (Lipinski definition) is 2. The highest BCUT2D eigenvalue weighted by atomic mass is 16.2. The molecule has 160 valence electrons. The highest BCUT2D eigenvalue weighted by Gasteiger charge is 2.31. The third kappa shape index (κ3) is 5.38. The van der Waals surface area contributed by atoms with E-state index in [0.29, 0.717) is 26.2 Å². The molecule has 1 aliphatic heterocycles. The molecule has 7 heteroatoms. The molecular weight excluding hydrogens is 390 g/mol. The average Bonchev–Trinajstić information content (AvgIpc) is 3.21. The first-order valence-corrected chi connectivity index (χ1v) is 10.5. The van der Waals surface area contributed by atoms with Crippen LogP contribution in [-0.4, -0.2) is 45.6 Å². The maximum absolute atomic E-state index is 12.5. The SMILES string of the molecule is Cn1cc(CNC(=O)C[C@H]2C(=O)NCCN2Cc2ccc(-c3ccccc3)cc2)cn1. The predicted molar refractivity (Wildman–Crippen MR) is 119 cm³/mol. The van der Waals surface area contributed by atoms with Gasteiger partial charge in [-0.3, -0.25) is 19.2 Å². The van der Waals surface area contributed by atoms with Crippen molar-refractivity contribution in [2.24, 2.45) is 7.05 Å². The Morgan fingerprint density at radius 3 is 2.55 bits per heavy atom. The summed E-state index contributed by atoms with van der Waals surface area (Å²) < 4.78 is 1.70. The summed E-state index contributed by atoms with van der Waals surface area (Å²) in [6.07, 6.45) is 3.71. The van der Waals surface area contributed by atoms with Gasteiger partial charge in [0.25, 0.3) is 0 Å². The van der Waals surface area contributed by atoms with Gasteiger partial charge in [-0.15, -0.1) is 0 Å². The summed E-state index contributed by atoms with van der Waals surface area (Å²) in [7, 11) is 1.84. The lowest BCUT2D eigenvalue weighted by atomic mass is 10.0. The standard InChI is InChI=1S/C24H27N5O2/c1-28-16-19(15-27-28)14-26-23(30)13-22-24(31)25-11-12-29(22)17-18-7-9-21(10-8-18)20-5-3-2-4-6-20/h2-10,15-16,22H,11-14,17H2,1H3,(H,25,31)(H,26,30)/t22-/m0/s1. The summed E-state index contributed by atoms with van der Waals surface area (Å²) >= 11 is 0. The van der Waals surface area contributed by atoms with Gasteiger partial charge in [0, 0.05) is 45.0 Å². The van der Waals surface area contributed by atoms with E-state index in [4.69, 9.17) is 0 Å². The zero-order valence-corrected chi connectivity index (χ0v) is 17.6. The number of piperazine rings is 1. The van der Waals surface area contributed by atoms with Gasteiger partial charge in [-0.2, -0.15) is 5.10 Å². The number of hydrogen-bond acceptors (Lipinski definition) is 4. The molecule has 0 saturated carbocycles. The quantitative estimate of drug-likeness (QED) is 0.617. The molecule has 2 N–H and O–H groups in total. The van der Waals surface area contributed by atoms with Crippen molar-refractivity contribution in [3.8, 4) is 11.1 Å². The molecule has 0 unspecified atom stereocenters. The van der Waals surface area contributed by atoms with Gasteiger partial charge in [-0.25, -0.2) is 0 Å². The van der Waals surface area contributed by atoms with Crippen molar-refractivity contribution in [2.75, 3.05) is 13.1 Å². The number of amides is 2. The van der Waals surface area contributed by atoms with Crippen molar-refractivity contribution >= 4 is 11.8 Å². The van der Waals surface area contributed by atoms with Gasteiger partial charge in [0.2, 0.25) is 11.8 Å². The summed E-state index contributed by atoms with van der Waals surface area (Å²) in [6, 6.07) is 18.1. The molecule has 0 aliphatic carbocycles. The van der Waals surface area contributed by atoms with Gasteiger partial charge >= 0.3 is 0 Å². The smallest absolute Gasteiger partial charge is 0.237 e. The van der Waals surface area contributed by atoms with Gasteiger partial charge in [-0.05, 0) is 16.7 Å². The van der Waals surface area contributed by atoms with Gasteiger partial charge in [0.05, 0.1) is 18.7 Å². The summed E-state index contributed by atoms with van der Waals surface area (Å²) in [5.74, 6) is -0.237. The Balaban J connectivity index is 1.38. The van der Waals surface area contributed by atoms with Crippen molar-refractivity contribution in [2.45, 2.75) is 25.6 Å². The van der Waals surface area contributed by atoms with Crippen LogP contribution in [0.4, 0.5) is 0 Å². The first-order valence-electron chi connectivity index (χ1n) is 10.5. The fraction of sp³-hybridized carbons (Fsp3) is 0.292. The van der Waals surface area contributed by atoms with Crippen LogP contribution >= 0.6 is 0 Å². The number of rotatable bonds is 7. The minimum Gasteiger partial charge on any atom is -0.353 e. The molecule has 31 heavy (non-hydrogen) atoms. The molecule has 0 radical (unpaired) electrons. The Morgan fingerprint density at radius 2 is 1.84 bits per heavy atom. The number of benzene rings is 2. The van der Waals surface area contributed by atoms with E-state index in [2.05, 4.69) is 57.0 Å². The maximum Gasteiger partial charge on any atom is 0.237 e. The van der Waals surface area contributed by atoms with E-state index < -0.39 is 6.04 Å². The first kappa shape index (κ1) is 20.8. The molecule has 1 aromatic heterocycles. The van der Waals surface area contributed by atoms with Crippen molar-refractivity contribution in [3.63, 3.8) is 0 Å². The van der Waals surface area contributed by atoms with Crippen molar-refractivity contribution < 1.29 is 9.59 Å². The van der Waals surface area contributed by atoms with E-state index in [1.54, 1.807) is 10.9 Å². The monoisotopic (exact) mass is 417 g/mol. The summed E-state index contributed by atoms with van der Waals surface area (Å²) in [4.78, 5) is 27.1. The Morgan fingerprint density at radius 1 is 1.10 bits per heavy atom. The Kier molecular flexibility index (Phi) is 6.43. The third-order valence-corrected chi connectivity index (χ3v) is 5.52. The third-order valence-electron chi connectivity index (χ3n) is 5.52. The lowest BCUT2D eigenvalue weighted by Crippen LogP contribution is -2.56. The Hall–Kier alpha value is -3.45. The number of carbonyl (C=O) groups excluding carboxylic acids is 2. The molecule has 3 aromatic rings.